The maximum Gasteiger partial charge on any atom is 0.241 e. The van der Waals surface area contributed by atoms with Gasteiger partial charge in [0, 0.05) is 38.4 Å². The van der Waals surface area contributed by atoms with E-state index in [2.05, 4.69) is 19.9 Å². The molecule has 3 aromatic rings. The van der Waals surface area contributed by atoms with Gasteiger partial charge in [-0.25, -0.2) is 4.39 Å². The number of halogens is 1. The van der Waals surface area contributed by atoms with Crippen LogP contribution in [0.2, 0.25) is 0 Å². The van der Waals surface area contributed by atoms with Crippen LogP contribution in [0.3, 0.4) is 0 Å². The van der Waals surface area contributed by atoms with E-state index < -0.39 is 0 Å². The van der Waals surface area contributed by atoms with Crippen LogP contribution in [0.25, 0.3) is 10.7 Å². The van der Waals surface area contributed by atoms with Gasteiger partial charge in [-0.15, -0.1) is 11.3 Å². The monoisotopic (exact) mass is 455 g/mol. The van der Waals surface area contributed by atoms with Crippen LogP contribution in [0, 0.1) is 11.7 Å². The van der Waals surface area contributed by atoms with Crippen molar-refractivity contribution in [3.05, 3.63) is 53.5 Å². The van der Waals surface area contributed by atoms with E-state index in [1.54, 1.807) is 23.5 Å². The van der Waals surface area contributed by atoms with E-state index in [1.165, 1.54) is 12.1 Å². The van der Waals surface area contributed by atoms with Crippen molar-refractivity contribution >= 4 is 22.9 Å². The number of piperazine rings is 1. The number of hydrogen-bond donors (Lipinski definition) is 0. The van der Waals surface area contributed by atoms with Crippen molar-refractivity contribution in [3.63, 3.8) is 0 Å². The Morgan fingerprint density at radius 3 is 2.69 bits per heavy atom. The number of amides is 1. The quantitative estimate of drug-likeness (QED) is 0.587. The van der Waals surface area contributed by atoms with Gasteiger partial charge in [-0.05, 0) is 55.1 Å². The molecular formula is C23H26FN5O2S. The maximum atomic E-state index is 13.2. The summed E-state index contributed by atoms with van der Waals surface area (Å²) in [5.41, 5.74) is 1.00. The molecule has 168 valence electrons. The number of carbonyl (C=O) groups excluding carboxylic acids is 1. The Kier molecular flexibility index (Phi) is 6.18. The number of hydrogen-bond acceptors (Lipinski definition) is 7. The zero-order valence-electron chi connectivity index (χ0n) is 17.8. The molecule has 0 bridgehead atoms. The second-order valence-electron chi connectivity index (χ2n) is 8.35. The number of benzene rings is 1. The number of piperidine rings is 1. The average Bonchev–Trinajstić information content (AvgIpc) is 3.52. The Morgan fingerprint density at radius 1 is 1.12 bits per heavy atom. The van der Waals surface area contributed by atoms with Crippen LogP contribution in [0.15, 0.2) is 46.3 Å². The van der Waals surface area contributed by atoms with E-state index in [9.17, 15) is 9.18 Å². The summed E-state index contributed by atoms with van der Waals surface area (Å²) in [5, 5.41) is 6.08. The van der Waals surface area contributed by atoms with Gasteiger partial charge in [-0.2, -0.15) is 4.98 Å². The Balaban J connectivity index is 1.14. The van der Waals surface area contributed by atoms with Crippen molar-refractivity contribution in [1.29, 1.82) is 0 Å². The van der Waals surface area contributed by atoms with Crippen LogP contribution < -0.4 is 4.90 Å². The van der Waals surface area contributed by atoms with E-state index in [4.69, 9.17) is 4.52 Å². The lowest BCUT2D eigenvalue weighted by atomic mass is 9.96. The van der Waals surface area contributed by atoms with Gasteiger partial charge in [0.15, 0.2) is 0 Å². The van der Waals surface area contributed by atoms with Crippen molar-refractivity contribution in [3.8, 4) is 10.7 Å². The first-order chi connectivity index (χ1) is 15.7. The van der Waals surface area contributed by atoms with Gasteiger partial charge in [-0.1, -0.05) is 11.2 Å². The molecule has 1 atom stereocenters. The van der Waals surface area contributed by atoms with Crippen molar-refractivity contribution in [1.82, 2.24) is 19.9 Å². The van der Waals surface area contributed by atoms with Crippen molar-refractivity contribution in [2.45, 2.75) is 19.4 Å². The molecule has 1 aromatic carbocycles. The minimum Gasteiger partial charge on any atom is -0.368 e. The fraction of sp³-hybridized carbons (Fsp3) is 0.435. The largest absolute Gasteiger partial charge is 0.368 e. The fourth-order valence-electron chi connectivity index (χ4n) is 4.51. The number of nitrogens with zero attached hydrogens (tertiary/aromatic N) is 5. The second kappa shape index (κ2) is 9.38. The van der Waals surface area contributed by atoms with Gasteiger partial charge in [0.25, 0.3) is 0 Å². The first-order valence-corrected chi connectivity index (χ1v) is 11.9. The molecule has 0 saturated carbocycles. The fourth-order valence-corrected chi connectivity index (χ4v) is 5.16. The normalized spacial score (nSPS) is 20.0. The predicted molar refractivity (Wildman–Crippen MR) is 121 cm³/mol. The maximum absolute atomic E-state index is 13.2. The highest BCUT2D eigenvalue weighted by molar-refractivity contribution is 7.13. The van der Waals surface area contributed by atoms with Crippen LogP contribution in [-0.2, 0) is 11.3 Å². The van der Waals surface area contributed by atoms with Crippen LogP contribution in [0.1, 0.15) is 18.7 Å². The summed E-state index contributed by atoms with van der Waals surface area (Å²) >= 11 is 1.59. The minimum absolute atomic E-state index is 0.000749. The number of rotatable bonds is 5. The smallest absolute Gasteiger partial charge is 0.241 e. The number of carbonyl (C=O) groups is 1. The van der Waals surface area contributed by atoms with E-state index in [0.29, 0.717) is 37.9 Å². The van der Waals surface area contributed by atoms with Crippen molar-refractivity contribution < 1.29 is 13.7 Å². The number of aromatic nitrogens is 2. The number of anilines is 1. The molecule has 2 aromatic heterocycles. The molecule has 2 aliphatic rings. The molecule has 0 radical (unpaired) electrons. The van der Waals surface area contributed by atoms with Gasteiger partial charge in [0.1, 0.15) is 5.82 Å². The van der Waals surface area contributed by atoms with Crippen LogP contribution >= 0.6 is 11.3 Å². The van der Waals surface area contributed by atoms with E-state index >= 15 is 0 Å². The minimum atomic E-state index is -0.229. The third-order valence-corrected chi connectivity index (χ3v) is 7.07. The number of thiophene rings is 1. The first kappa shape index (κ1) is 21.1. The summed E-state index contributed by atoms with van der Waals surface area (Å²) in [4.78, 5) is 25.1. The molecule has 32 heavy (non-hydrogen) atoms. The van der Waals surface area contributed by atoms with Gasteiger partial charge in [0.2, 0.25) is 17.6 Å². The van der Waals surface area contributed by atoms with Crippen LogP contribution in [0.4, 0.5) is 10.1 Å². The lowest BCUT2D eigenvalue weighted by Crippen LogP contribution is -2.52. The molecule has 2 saturated heterocycles. The topological polar surface area (TPSA) is 65.7 Å². The first-order valence-electron chi connectivity index (χ1n) is 11.0. The molecule has 2 fully saturated rings. The Hall–Kier alpha value is -2.78. The third kappa shape index (κ3) is 4.68. The summed E-state index contributed by atoms with van der Waals surface area (Å²) in [6.07, 6.45) is 1.90. The average molecular weight is 456 g/mol. The molecule has 0 N–H and O–H groups in total. The van der Waals surface area contributed by atoms with Crippen LogP contribution in [0.5, 0.6) is 0 Å². The van der Waals surface area contributed by atoms with Gasteiger partial charge >= 0.3 is 0 Å². The second-order valence-corrected chi connectivity index (χ2v) is 9.30. The standard InChI is InChI=1S/C23H26FN5O2S/c24-18-5-7-19(8-6-18)28-10-12-29(13-11-28)23(30)17-3-1-9-27(15-17)16-21-25-22(26-31-21)20-4-2-14-32-20/h2,4-8,14,17H,1,3,9-13,15-16H2. The summed E-state index contributed by atoms with van der Waals surface area (Å²) < 4.78 is 18.6. The zero-order valence-corrected chi connectivity index (χ0v) is 18.6. The molecule has 1 amide bonds. The molecule has 7 nitrogen and oxygen atoms in total. The summed E-state index contributed by atoms with van der Waals surface area (Å²) in [6.45, 7) is 5.14. The third-order valence-electron chi connectivity index (χ3n) is 6.21. The lowest BCUT2D eigenvalue weighted by Gasteiger charge is -2.39. The molecule has 5 rings (SSSR count). The molecule has 1 unspecified atom stereocenters. The zero-order chi connectivity index (χ0) is 21.9. The Bertz CT molecular complexity index is 1030. The van der Waals surface area contributed by atoms with E-state index in [-0.39, 0.29) is 17.6 Å². The van der Waals surface area contributed by atoms with Crippen LogP contribution in [-0.4, -0.2) is 65.1 Å². The highest BCUT2D eigenvalue weighted by Gasteiger charge is 2.31. The van der Waals surface area contributed by atoms with Gasteiger partial charge < -0.3 is 14.3 Å². The highest BCUT2D eigenvalue weighted by Crippen LogP contribution is 2.24. The van der Waals surface area contributed by atoms with Gasteiger partial charge in [0.05, 0.1) is 17.3 Å². The molecule has 0 aliphatic carbocycles. The summed E-state index contributed by atoms with van der Waals surface area (Å²) in [7, 11) is 0. The van der Waals surface area contributed by atoms with Gasteiger partial charge in [-0.3, -0.25) is 9.69 Å². The Morgan fingerprint density at radius 2 is 1.94 bits per heavy atom. The van der Waals surface area contributed by atoms with E-state index in [0.717, 1.165) is 43.0 Å². The lowest BCUT2D eigenvalue weighted by molar-refractivity contribution is -0.137. The molecule has 0 spiro atoms. The molecule has 9 heteroatoms. The van der Waals surface area contributed by atoms with E-state index in [1.807, 2.05) is 22.4 Å². The SMILES string of the molecule is O=C(C1CCCN(Cc2nc(-c3cccs3)no2)C1)N1CCN(c2ccc(F)cc2)CC1. The molecular weight excluding hydrogens is 429 g/mol. The summed E-state index contributed by atoms with van der Waals surface area (Å²) in [6, 6.07) is 10.5. The molecule has 2 aliphatic heterocycles. The Labute approximate surface area is 190 Å². The predicted octanol–water partition coefficient (Wildman–Crippen LogP) is 3.50. The molecule has 4 heterocycles. The van der Waals surface area contributed by atoms with Crippen molar-refractivity contribution in [2.24, 2.45) is 5.92 Å². The van der Waals surface area contributed by atoms with Crippen molar-refractivity contribution in [2.75, 3.05) is 44.2 Å². The summed E-state index contributed by atoms with van der Waals surface area (Å²) in [5.74, 6) is 1.22. The number of likely N-dealkylation sites (tertiary alicyclic amines) is 1. The highest BCUT2D eigenvalue weighted by atomic mass is 32.1.